The van der Waals surface area contributed by atoms with Crippen molar-refractivity contribution in [3.05, 3.63) is 71.3 Å². The van der Waals surface area contributed by atoms with E-state index in [1.54, 1.807) is 6.07 Å². The Labute approximate surface area is 199 Å². The van der Waals surface area contributed by atoms with E-state index < -0.39 is 42.6 Å². The van der Waals surface area contributed by atoms with E-state index in [0.29, 0.717) is 17.1 Å². The number of hydrogen-bond donors (Lipinski definition) is 2. The first-order valence-corrected chi connectivity index (χ1v) is 10.3. The van der Waals surface area contributed by atoms with Crippen LogP contribution in [0.15, 0.2) is 54.6 Å². The highest BCUT2D eigenvalue weighted by atomic mass is 19.4. The van der Waals surface area contributed by atoms with E-state index in [4.69, 9.17) is 15.6 Å². The second kappa shape index (κ2) is 9.36. The number of alkyl halides is 5. The van der Waals surface area contributed by atoms with Gasteiger partial charge in [-0.1, -0.05) is 18.2 Å². The average Bonchev–Trinajstić information content (AvgIpc) is 3.10. The third-order valence-electron chi connectivity index (χ3n) is 5.36. The number of halogens is 5. The number of aliphatic carboxylic acids is 1. The fourth-order valence-corrected chi connectivity index (χ4v) is 4.02. The van der Waals surface area contributed by atoms with Crippen molar-refractivity contribution in [2.24, 2.45) is 5.73 Å². The summed E-state index contributed by atoms with van der Waals surface area (Å²) in [5.74, 6) is -2.84. The Kier molecular flexibility index (Phi) is 6.44. The molecule has 7 nitrogen and oxygen atoms in total. The number of rotatable bonds is 8. The van der Waals surface area contributed by atoms with E-state index in [-0.39, 0.29) is 34.1 Å². The summed E-state index contributed by atoms with van der Waals surface area (Å²) in [6.07, 6.45) is -4.81. The molecule has 0 aliphatic rings. The molecule has 0 fully saturated rings. The molecule has 4 aromatic rings. The van der Waals surface area contributed by atoms with Crippen molar-refractivity contribution in [2.45, 2.75) is 19.3 Å². The van der Waals surface area contributed by atoms with Gasteiger partial charge in [-0.15, -0.1) is 0 Å². The molecule has 3 N–H and O–H groups in total. The van der Waals surface area contributed by atoms with Crippen molar-refractivity contribution < 1.29 is 46.1 Å². The first-order valence-electron chi connectivity index (χ1n) is 10.3. The monoisotopic (exact) mass is 508 g/mol. The van der Waals surface area contributed by atoms with Crippen molar-refractivity contribution in [3.8, 4) is 11.5 Å². The molecule has 0 unspecified atom stereocenters. The van der Waals surface area contributed by atoms with Crippen LogP contribution in [-0.4, -0.2) is 34.8 Å². The van der Waals surface area contributed by atoms with E-state index in [1.807, 2.05) is 0 Å². The molecule has 0 spiro atoms. The molecule has 1 amide bonds. The third-order valence-corrected chi connectivity index (χ3v) is 5.36. The molecule has 3 aromatic carbocycles. The SMILES string of the molecule is NC(=O)c1cccc2c1c1c(OCC(=O)O)cc(C(F)(F)F)cc1n2Cc1cccc(OC(F)F)c1. The van der Waals surface area contributed by atoms with Crippen molar-refractivity contribution in [3.63, 3.8) is 0 Å². The minimum Gasteiger partial charge on any atom is -0.481 e. The zero-order valence-electron chi connectivity index (χ0n) is 18.2. The summed E-state index contributed by atoms with van der Waals surface area (Å²) in [5, 5.41) is 9.24. The zero-order chi connectivity index (χ0) is 26.2. The Hall–Kier alpha value is -4.35. The number of fused-ring (bicyclic) bond motifs is 3. The molecule has 0 saturated heterocycles. The van der Waals surface area contributed by atoms with Gasteiger partial charge in [0.2, 0.25) is 5.91 Å². The van der Waals surface area contributed by atoms with Gasteiger partial charge < -0.3 is 24.9 Å². The topological polar surface area (TPSA) is 104 Å². The van der Waals surface area contributed by atoms with Crippen molar-refractivity contribution in [1.82, 2.24) is 4.57 Å². The number of amides is 1. The molecule has 1 heterocycles. The van der Waals surface area contributed by atoms with Crippen molar-refractivity contribution in [2.75, 3.05) is 6.61 Å². The highest BCUT2D eigenvalue weighted by Crippen LogP contribution is 2.42. The normalized spacial score (nSPS) is 11.8. The number of carbonyl (C=O) groups is 2. The maximum absolute atomic E-state index is 13.7. The van der Waals surface area contributed by atoms with Gasteiger partial charge in [-0.05, 0) is 42.0 Å². The number of primary amides is 1. The lowest BCUT2D eigenvalue weighted by Gasteiger charge is -2.14. The minimum absolute atomic E-state index is 0.0223. The van der Waals surface area contributed by atoms with Crippen molar-refractivity contribution in [1.29, 1.82) is 0 Å². The molecule has 0 aliphatic heterocycles. The van der Waals surface area contributed by atoms with Crippen LogP contribution in [0.4, 0.5) is 22.0 Å². The van der Waals surface area contributed by atoms with Crippen molar-refractivity contribution >= 4 is 33.7 Å². The van der Waals surface area contributed by atoms with Crippen LogP contribution in [0.1, 0.15) is 21.5 Å². The van der Waals surface area contributed by atoms with Gasteiger partial charge in [0, 0.05) is 17.5 Å². The molecule has 188 valence electrons. The Balaban J connectivity index is 2.04. The lowest BCUT2D eigenvalue weighted by molar-refractivity contribution is -0.139. The third kappa shape index (κ3) is 4.88. The standard InChI is InChI=1S/C24H17F5N2O5/c25-23(26)36-14-4-1-3-12(7-14)10-31-16-6-2-5-15(22(30)34)20(16)21-17(31)8-13(24(27,28)29)9-18(21)35-11-19(32)33/h1-9,23H,10-11H2,(H2,30,34)(H,32,33). The number of carboxylic acids is 1. The summed E-state index contributed by atoms with van der Waals surface area (Å²) in [5.41, 5.74) is 5.05. The average molecular weight is 508 g/mol. The minimum atomic E-state index is -4.81. The van der Waals surface area contributed by atoms with Gasteiger partial charge in [0.25, 0.3) is 0 Å². The number of benzene rings is 3. The number of hydrogen-bond acceptors (Lipinski definition) is 4. The molecule has 0 radical (unpaired) electrons. The lowest BCUT2D eigenvalue weighted by atomic mass is 10.0. The van der Waals surface area contributed by atoms with Gasteiger partial charge in [0.1, 0.15) is 11.5 Å². The molecule has 0 aliphatic carbocycles. The van der Waals surface area contributed by atoms with Crippen LogP contribution in [0, 0.1) is 0 Å². The first-order chi connectivity index (χ1) is 17.0. The fourth-order valence-electron chi connectivity index (χ4n) is 4.02. The van der Waals surface area contributed by atoms with Crippen LogP contribution in [0.3, 0.4) is 0 Å². The van der Waals surface area contributed by atoms with Crippen LogP contribution < -0.4 is 15.2 Å². The maximum atomic E-state index is 13.7. The predicted molar refractivity (Wildman–Crippen MR) is 118 cm³/mol. The quantitative estimate of drug-likeness (QED) is 0.325. The zero-order valence-corrected chi connectivity index (χ0v) is 18.2. The van der Waals surface area contributed by atoms with Gasteiger partial charge >= 0.3 is 18.8 Å². The van der Waals surface area contributed by atoms with Crippen LogP contribution in [0.25, 0.3) is 21.8 Å². The molecule has 12 heteroatoms. The van der Waals surface area contributed by atoms with Gasteiger partial charge in [-0.25, -0.2) is 4.79 Å². The van der Waals surface area contributed by atoms with E-state index in [1.165, 1.54) is 41.0 Å². The summed E-state index contributed by atoms with van der Waals surface area (Å²) >= 11 is 0. The lowest BCUT2D eigenvalue weighted by Crippen LogP contribution is -2.12. The molecule has 0 saturated carbocycles. The molecule has 36 heavy (non-hydrogen) atoms. The van der Waals surface area contributed by atoms with E-state index in [9.17, 15) is 31.5 Å². The van der Waals surface area contributed by atoms with E-state index in [2.05, 4.69) is 4.74 Å². The number of aromatic nitrogens is 1. The highest BCUT2D eigenvalue weighted by Gasteiger charge is 2.33. The maximum Gasteiger partial charge on any atom is 0.416 e. The highest BCUT2D eigenvalue weighted by molar-refractivity contribution is 6.20. The van der Waals surface area contributed by atoms with Crippen LogP contribution >= 0.6 is 0 Å². The second-order valence-electron chi connectivity index (χ2n) is 7.72. The molecular weight excluding hydrogens is 491 g/mol. The Bertz CT molecular complexity index is 1480. The Morgan fingerprint density at radius 2 is 1.72 bits per heavy atom. The van der Waals surface area contributed by atoms with E-state index in [0.717, 1.165) is 6.07 Å². The number of carbonyl (C=O) groups excluding carboxylic acids is 1. The Morgan fingerprint density at radius 1 is 1.00 bits per heavy atom. The summed E-state index contributed by atoms with van der Waals surface area (Å²) in [6.45, 7) is -4.12. The van der Waals surface area contributed by atoms with Gasteiger partial charge in [-0.2, -0.15) is 22.0 Å². The van der Waals surface area contributed by atoms with E-state index >= 15 is 0 Å². The summed E-state index contributed by atoms with van der Waals surface area (Å²) in [6, 6.07) is 11.5. The Morgan fingerprint density at radius 3 is 2.36 bits per heavy atom. The predicted octanol–water partition coefficient (Wildman–Crippen LogP) is 5.03. The number of carboxylic acid groups (broad SMARTS) is 1. The van der Waals surface area contributed by atoms with Gasteiger partial charge in [0.05, 0.1) is 22.0 Å². The van der Waals surface area contributed by atoms with Gasteiger partial charge in [0.15, 0.2) is 6.61 Å². The second-order valence-corrected chi connectivity index (χ2v) is 7.72. The van der Waals surface area contributed by atoms with Crippen LogP contribution in [0.2, 0.25) is 0 Å². The molecule has 0 bridgehead atoms. The first kappa shape index (κ1) is 24.8. The fraction of sp³-hybridized carbons (Fsp3) is 0.167. The van der Waals surface area contributed by atoms with Crippen LogP contribution in [0.5, 0.6) is 11.5 Å². The summed E-state index contributed by atoms with van der Waals surface area (Å²) in [4.78, 5) is 23.3. The summed E-state index contributed by atoms with van der Waals surface area (Å²) < 4.78 is 77.6. The molecule has 4 rings (SSSR count). The number of nitrogens with two attached hydrogens (primary N) is 1. The van der Waals surface area contributed by atoms with Gasteiger partial charge in [-0.3, -0.25) is 4.79 Å². The summed E-state index contributed by atoms with van der Waals surface area (Å²) in [7, 11) is 0. The molecule has 1 aromatic heterocycles. The molecular formula is C24H17F5N2O5. The van der Waals surface area contributed by atoms with Crippen LogP contribution in [-0.2, 0) is 17.5 Å². The smallest absolute Gasteiger partial charge is 0.416 e. The number of ether oxygens (including phenoxy) is 2. The number of nitrogens with zero attached hydrogens (tertiary/aromatic N) is 1. The largest absolute Gasteiger partial charge is 0.481 e. The molecule has 0 atom stereocenters.